The van der Waals surface area contributed by atoms with Crippen LogP contribution >= 0.6 is 0 Å². The molecule has 4 heteroatoms. The van der Waals surface area contributed by atoms with E-state index in [1.54, 1.807) is 12.1 Å². The van der Waals surface area contributed by atoms with Crippen LogP contribution in [0.1, 0.15) is 26.7 Å². The van der Waals surface area contributed by atoms with Crippen molar-refractivity contribution in [1.29, 1.82) is 0 Å². The van der Waals surface area contributed by atoms with Gasteiger partial charge in [-0.2, -0.15) is 0 Å². The zero-order chi connectivity index (χ0) is 13.1. The van der Waals surface area contributed by atoms with Gasteiger partial charge < -0.3 is 15.4 Å². The quantitative estimate of drug-likeness (QED) is 0.833. The number of carbonyl (C=O) groups is 1. The third-order valence-corrected chi connectivity index (χ3v) is 3.20. The highest BCUT2D eigenvalue weighted by Gasteiger charge is 2.26. The maximum Gasteiger partial charge on any atom is 0.265 e. The molecule has 0 bridgehead atoms. The van der Waals surface area contributed by atoms with Crippen molar-refractivity contribution in [3.05, 3.63) is 18.2 Å². The van der Waals surface area contributed by atoms with Gasteiger partial charge in [-0.25, -0.2) is 0 Å². The summed E-state index contributed by atoms with van der Waals surface area (Å²) in [6.07, 6.45) is 2.25. The summed E-state index contributed by atoms with van der Waals surface area (Å²) in [5.41, 5.74) is 7.22. The zero-order valence-electron chi connectivity index (χ0n) is 11.0. The molecule has 0 fully saturated rings. The lowest BCUT2D eigenvalue weighted by molar-refractivity contribution is -0.121. The Kier molecular flexibility index (Phi) is 3.75. The summed E-state index contributed by atoms with van der Waals surface area (Å²) in [6.45, 7) is 5.18. The van der Waals surface area contributed by atoms with Crippen LogP contribution in [0.4, 0.5) is 11.4 Å². The Bertz CT molecular complexity index is 445. The Labute approximate surface area is 108 Å². The highest BCUT2D eigenvalue weighted by molar-refractivity contribution is 5.98. The van der Waals surface area contributed by atoms with Gasteiger partial charge in [0.15, 0.2) is 6.61 Å². The minimum atomic E-state index is 0.0234. The van der Waals surface area contributed by atoms with E-state index in [0.29, 0.717) is 17.4 Å². The topological polar surface area (TPSA) is 55.6 Å². The summed E-state index contributed by atoms with van der Waals surface area (Å²) < 4.78 is 5.42. The minimum Gasteiger partial charge on any atom is -0.481 e. The maximum atomic E-state index is 12.0. The fourth-order valence-corrected chi connectivity index (χ4v) is 2.32. The van der Waals surface area contributed by atoms with Crippen molar-refractivity contribution in [3.63, 3.8) is 0 Å². The highest BCUT2D eigenvalue weighted by atomic mass is 16.5. The number of benzene rings is 1. The van der Waals surface area contributed by atoms with Gasteiger partial charge in [-0.15, -0.1) is 0 Å². The van der Waals surface area contributed by atoms with Gasteiger partial charge in [0.25, 0.3) is 5.91 Å². The molecule has 1 aliphatic heterocycles. The van der Waals surface area contributed by atoms with Crippen LogP contribution in [0.2, 0.25) is 0 Å². The van der Waals surface area contributed by atoms with Crippen molar-refractivity contribution in [2.45, 2.75) is 26.7 Å². The van der Waals surface area contributed by atoms with E-state index in [4.69, 9.17) is 10.5 Å². The van der Waals surface area contributed by atoms with Crippen molar-refractivity contribution in [3.8, 4) is 5.75 Å². The Balaban J connectivity index is 2.22. The van der Waals surface area contributed by atoms with Crippen LogP contribution < -0.4 is 15.4 Å². The zero-order valence-corrected chi connectivity index (χ0v) is 11.0. The molecule has 0 saturated heterocycles. The average Bonchev–Trinajstić information content (AvgIpc) is 2.33. The molecule has 1 aromatic carbocycles. The molecule has 0 aromatic heterocycles. The summed E-state index contributed by atoms with van der Waals surface area (Å²) >= 11 is 0. The van der Waals surface area contributed by atoms with Gasteiger partial charge in [0.05, 0.1) is 5.69 Å². The molecular weight excluding hydrogens is 228 g/mol. The fourth-order valence-electron chi connectivity index (χ4n) is 2.32. The van der Waals surface area contributed by atoms with Crippen molar-refractivity contribution in [2.75, 3.05) is 23.8 Å². The van der Waals surface area contributed by atoms with E-state index >= 15 is 0 Å². The van der Waals surface area contributed by atoms with Gasteiger partial charge in [0.2, 0.25) is 0 Å². The van der Waals surface area contributed by atoms with E-state index in [2.05, 4.69) is 13.8 Å². The normalized spacial score (nSPS) is 16.1. The van der Waals surface area contributed by atoms with Gasteiger partial charge in [-0.05, 0) is 24.5 Å². The molecule has 4 nitrogen and oxygen atoms in total. The SMILES string of the molecule is CCCC(C)CN1C(=O)COc2cc(N)ccc21. The van der Waals surface area contributed by atoms with Crippen LogP contribution in [0.3, 0.4) is 0 Å². The first-order valence-corrected chi connectivity index (χ1v) is 6.44. The molecule has 1 unspecified atom stereocenters. The number of anilines is 2. The van der Waals surface area contributed by atoms with Crippen molar-refractivity contribution in [1.82, 2.24) is 0 Å². The number of rotatable bonds is 4. The Morgan fingerprint density at radius 1 is 1.50 bits per heavy atom. The number of ether oxygens (including phenoxy) is 1. The maximum absolute atomic E-state index is 12.0. The second-order valence-corrected chi connectivity index (χ2v) is 4.91. The smallest absolute Gasteiger partial charge is 0.265 e. The van der Waals surface area contributed by atoms with Gasteiger partial charge >= 0.3 is 0 Å². The van der Waals surface area contributed by atoms with E-state index in [-0.39, 0.29) is 12.5 Å². The third-order valence-electron chi connectivity index (χ3n) is 3.20. The molecule has 2 rings (SSSR count). The Hall–Kier alpha value is -1.71. The largest absolute Gasteiger partial charge is 0.481 e. The lowest BCUT2D eigenvalue weighted by Gasteiger charge is -2.31. The van der Waals surface area contributed by atoms with Crippen molar-refractivity contribution in [2.24, 2.45) is 5.92 Å². The summed E-state index contributed by atoms with van der Waals surface area (Å²) in [6, 6.07) is 5.44. The van der Waals surface area contributed by atoms with Crippen LogP contribution in [0.5, 0.6) is 5.75 Å². The first kappa shape index (κ1) is 12.7. The number of amides is 1. The van der Waals surface area contributed by atoms with Crippen molar-refractivity contribution >= 4 is 17.3 Å². The van der Waals surface area contributed by atoms with Crippen LogP contribution in [-0.4, -0.2) is 19.1 Å². The Morgan fingerprint density at radius 3 is 3.00 bits per heavy atom. The Morgan fingerprint density at radius 2 is 2.28 bits per heavy atom. The van der Waals surface area contributed by atoms with Crippen LogP contribution in [0.25, 0.3) is 0 Å². The molecule has 18 heavy (non-hydrogen) atoms. The van der Waals surface area contributed by atoms with E-state index in [1.165, 1.54) is 0 Å². The molecule has 0 spiro atoms. The molecule has 1 aliphatic rings. The van der Waals surface area contributed by atoms with Gasteiger partial charge in [0.1, 0.15) is 5.75 Å². The van der Waals surface area contributed by atoms with Crippen LogP contribution in [0.15, 0.2) is 18.2 Å². The highest BCUT2D eigenvalue weighted by Crippen LogP contribution is 2.34. The second kappa shape index (κ2) is 5.29. The number of carbonyl (C=O) groups excluding carboxylic acids is 1. The predicted octanol–water partition coefficient (Wildman–Crippen LogP) is 2.43. The molecule has 0 saturated carbocycles. The molecule has 1 atom stereocenters. The molecule has 98 valence electrons. The standard InChI is InChI=1S/C14H20N2O2/c1-3-4-10(2)8-16-12-6-5-11(15)7-13(12)18-9-14(16)17/h5-7,10H,3-4,8-9,15H2,1-2H3. The molecule has 0 radical (unpaired) electrons. The monoisotopic (exact) mass is 248 g/mol. The van der Waals surface area contributed by atoms with E-state index < -0.39 is 0 Å². The molecular formula is C14H20N2O2. The fraction of sp³-hybridized carbons (Fsp3) is 0.500. The number of nitrogens with zero attached hydrogens (tertiary/aromatic N) is 1. The van der Waals surface area contributed by atoms with E-state index in [9.17, 15) is 4.79 Å². The molecule has 1 amide bonds. The molecule has 0 aliphatic carbocycles. The van der Waals surface area contributed by atoms with Crippen LogP contribution in [-0.2, 0) is 4.79 Å². The predicted molar refractivity (Wildman–Crippen MR) is 72.8 cm³/mol. The summed E-state index contributed by atoms with van der Waals surface area (Å²) in [7, 11) is 0. The van der Waals surface area contributed by atoms with Gasteiger partial charge in [0, 0.05) is 18.3 Å². The molecule has 2 N–H and O–H groups in total. The van der Waals surface area contributed by atoms with E-state index in [0.717, 1.165) is 25.1 Å². The number of hydrogen-bond donors (Lipinski definition) is 1. The summed E-state index contributed by atoms with van der Waals surface area (Å²) in [5.74, 6) is 1.22. The number of nitrogen functional groups attached to an aromatic ring is 1. The second-order valence-electron chi connectivity index (χ2n) is 4.91. The lowest BCUT2D eigenvalue weighted by atomic mass is 10.0. The van der Waals surface area contributed by atoms with Gasteiger partial charge in [-0.1, -0.05) is 20.3 Å². The summed E-state index contributed by atoms with van der Waals surface area (Å²) in [5, 5.41) is 0. The van der Waals surface area contributed by atoms with Crippen molar-refractivity contribution < 1.29 is 9.53 Å². The summed E-state index contributed by atoms with van der Waals surface area (Å²) in [4.78, 5) is 13.8. The third kappa shape index (κ3) is 2.58. The number of fused-ring (bicyclic) bond motifs is 1. The molecule has 1 aromatic rings. The average molecular weight is 248 g/mol. The molecule has 1 heterocycles. The number of nitrogens with two attached hydrogens (primary N) is 1. The van der Waals surface area contributed by atoms with Gasteiger partial charge in [-0.3, -0.25) is 4.79 Å². The van der Waals surface area contributed by atoms with Crippen LogP contribution in [0, 0.1) is 5.92 Å². The lowest BCUT2D eigenvalue weighted by Crippen LogP contribution is -2.41. The first-order valence-electron chi connectivity index (χ1n) is 6.44. The minimum absolute atomic E-state index is 0.0234. The van der Waals surface area contributed by atoms with E-state index in [1.807, 2.05) is 11.0 Å². The number of hydrogen-bond acceptors (Lipinski definition) is 3. The first-order chi connectivity index (χ1) is 8.61.